The van der Waals surface area contributed by atoms with Gasteiger partial charge < -0.3 is 15.3 Å². The summed E-state index contributed by atoms with van der Waals surface area (Å²) in [4.78, 5) is 33.7. The Kier molecular flexibility index (Phi) is 15.0. The number of esters is 1. The number of carbonyl (C=O) groups is 3. The number of halogens is 2. The van der Waals surface area contributed by atoms with Crippen molar-refractivity contribution in [2.24, 2.45) is 5.41 Å². The number of anilines is 1. The van der Waals surface area contributed by atoms with Crippen molar-refractivity contribution in [3.8, 4) is 0 Å². The number of rotatable bonds is 6. The van der Waals surface area contributed by atoms with Gasteiger partial charge in [-0.1, -0.05) is 26.3 Å². The van der Waals surface area contributed by atoms with Crippen molar-refractivity contribution in [1.82, 2.24) is 0 Å². The standard InChI is InChI=1S/C17H21BrFNO3.C3H6O.C3H8/c1-5-11(12-7-14(19)13(18)8-15(12)20)9-17(4,10(3)21)16(22)23-6-2;1-3(2)4;1-3-2/h5,7-8H,6,9,20H2,1-4H3;1-2H3;3H2,1-2H3. The van der Waals surface area contributed by atoms with Crippen LogP contribution in [0.25, 0.3) is 5.57 Å². The fourth-order valence-corrected chi connectivity index (χ4v) is 2.57. The summed E-state index contributed by atoms with van der Waals surface area (Å²) >= 11 is 3.08. The van der Waals surface area contributed by atoms with Gasteiger partial charge in [0.1, 0.15) is 22.8 Å². The number of nitrogens with two attached hydrogens (primary N) is 1. The molecule has 0 aromatic heterocycles. The molecule has 7 heteroatoms. The minimum absolute atomic E-state index is 0.0862. The van der Waals surface area contributed by atoms with Crippen LogP contribution in [0.3, 0.4) is 0 Å². The number of nitrogen functional groups attached to an aromatic ring is 1. The summed E-state index contributed by atoms with van der Waals surface area (Å²) in [5.41, 5.74) is 6.05. The Morgan fingerprint density at radius 3 is 2.00 bits per heavy atom. The van der Waals surface area contributed by atoms with Gasteiger partial charge in [-0.25, -0.2) is 4.39 Å². The zero-order valence-electron chi connectivity index (χ0n) is 19.3. The summed E-state index contributed by atoms with van der Waals surface area (Å²) < 4.78 is 19.1. The van der Waals surface area contributed by atoms with E-state index in [1.54, 1.807) is 19.9 Å². The SMILES string of the molecule is CC(C)=O.CC=C(CC(C)(C(C)=O)C(=O)OCC)c1cc(F)c(Br)cc1N.CCC. The number of ether oxygens (including phenoxy) is 1. The normalized spacial score (nSPS) is 12.4. The third-order valence-corrected chi connectivity index (χ3v) is 4.44. The van der Waals surface area contributed by atoms with E-state index in [1.165, 1.54) is 46.2 Å². The summed E-state index contributed by atoms with van der Waals surface area (Å²) in [5, 5.41) is 0. The van der Waals surface area contributed by atoms with Crippen LogP contribution >= 0.6 is 15.9 Å². The molecule has 0 radical (unpaired) electrons. The molecule has 30 heavy (non-hydrogen) atoms. The Bertz CT molecular complexity index is 758. The second-order valence-corrected chi connectivity index (χ2v) is 7.92. The van der Waals surface area contributed by atoms with Gasteiger partial charge in [0.2, 0.25) is 0 Å². The Hall–Kier alpha value is -2.02. The molecule has 0 spiro atoms. The van der Waals surface area contributed by atoms with E-state index in [9.17, 15) is 18.8 Å². The van der Waals surface area contributed by atoms with Crippen LogP contribution in [0, 0.1) is 11.2 Å². The van der Waals surface area contributed by atoms with E-state index in [4.69, 9.17) is 10.5 Å². The van der Waals surface area contributed by atoms with Crippen molar-refractivity contribution in [3.63, 3.8) is 0 Å². The van der Waals surface area contributed by atoms with Gasteiger partial charge in [-0.2, -0.15) is 0 Å². The highest BCUT2D eigenvalue weighted by molar-refractivity contribution is 9.10. The monoisotopic (exact) mass is 487 g/mol. The molecule has 0 saturated carbocycles. The summed E-state index contributed by atoms with van der Waals surface area (Å²) in [5.74, 6) is -1.20. The van der Waals surface area contributed by atoms with E-state index in [1.807, 2.05) is 0 Å². The van der Waals surface area contributed by atoms with Crippen LogP contribution in [0.2, 0.25) is 0 Å². The maximum absolute atomic E-state index is 13.8. The Labute approximate surface area is 188 Å². The van der Waals surface area contributed by atoms with Crippen molar-refractivity contribution >= 4 is 44.7 Å². The largest absolute Gasteiger partial charge is 0.465 e. The molecule has 0 aliphatic carbocycles. The highest BCUT2D eigenvalue weighted by Gasteiger charge is 2.40. The third-order valence-electron chi connectivity index (χ3n) is 3.83. The maximum Gasteiger partial charge on any atom is 0.319 e. The van der Waals surface area contributed by atoms with E-state index in [0.29, 0.717) is 16.8 Å². The molecule has 0 amide bonds. The molecule has 5 nitrogen and oxygen atoms in total. The second kappa shape index (κ2) is 14.9. The molecule has 0 aliphatic rings. The highest BCUT2D eigenvalue weighted by atomic mass is 79.9. The fraction of sp³-hybridized carbons (Fsp3) is 0.522. The van der Waals surface area contributed by atoms with E-state index < -0.39 is 17.2 Å². The molecule has 1 aromatic rings. The first-order valence-corrected chi connectivity index (χ1v) is 10.7. The number of hydrogen-bond acceptors (Lipinski definition) is 5. The number of hydrogen-bond donors (Lipinski definition) is 1. The van der Waals surface area contributed by atoms with Crippen molar-refractivity contribution in [1.29, 1.82) is 0 Å². The van der Waals surface area contributed by atoms with Gasteiger partial charge in [0.05, 0.1) is 11.1 Å². The molecule has 2 N–H and O–H groups in total. The fourth-order valence-electron chi connectivity index (χ4n) is 2.20. The van der Waals surface area contributed by atoms with Crippen LogP contribution < -0.4 is 5.73 Å². The van der Waals surface area contributed by atoms with Crippen molar-refractivity contribution in [3.05, 3.63) is 34.1 Å². The summed E-state index contributed by atoms with van der Waals surface area (Å²) in [7, 11) is 0. The van der Waals surface area contributed by atoms with Crippen molar-refractivity contribution < 1.29 is 23.5 Å². The van der Waals surface area contributed by atoms with E-state index in [-0.39, 0.29) is 29.1 Å². The van der Waals surface area contributed by atoms with E-state index in [0.717, 1.165) is 0 Å². The van der Waals surface area contributed by atoms with Crippen molar-refractivity contribution in [2.75, 3.05) is 12.3 Å². The summed E-state index contributed by atoms with van der Waals surface area (Å²) in [6.07, 6.45) is 3.06. The van der Waals surface area contributed by atoms with Gasteiger partial charge in [-0.3, -0.25) is 9.59 Å². The molecule has 0 heterocycles. The molecular formula is C23H35BrFNO4. The Morgan fingerprint density at radius 2 is 1.63 bits per heavy atom. The first kappa shape index (κ1) is 30.2. The zero-order valence-corrected chi connectivity index (χ0v) is 20.9. The van der Waals surface area contributed by atoms with Gasteiger partial charge in [0.25, 0.3) is 0 Å². The molecule has 0 saturated heterocycles. The van der Waals surface area contributed by atoms with Gasteiger partial charge >= 0.3 is 5.97 Å². The Morgan fingerprint density at radius 1 is 1.17 bits per heavy atom. The number of ketones is 2. The van der Waals surface area contributed by atoms with Gasteiger partial charge in [-0.15, -0.1) is 0 Å². The number of allylic oxidation sites excluding steroid dienone is 2. The molecule has 1 atom stereocenters. The average molecular weight is 488 g/mol. The minimum atomic E-state index is -1.34. The molecule has 1 unspecified atom stereocenters. The average Bonchev–Trinajstić information content (AvgIpc) is 2.63. The zero-order chi connectivity index (χ0) is 24.1. The predicted octanol–water partition coefficient (Wildman–Crippen LogP) is 6.13. The molecule has 170 valence electrons. The first-order valence-electron chi connectivity index (χ1n) is 9.87. The van der Waals surface area contributed by atoms with E-state index in [2.05, 4.69) is 29.8 Å². The van der Waals surface area contributed by atoms with Crippen LogP contribution in [0.1, 0.15) is 73.8 Å². The minimum Gasteiger partial charge on any atom is -0.465 e. The number of carbonyl (C=O) groups excluding carboxylic acids is 3. The molecule has 0 aliphatic heterocycles. The maximum atomic E-state index is 13.8. The molecule has 0 bridgehead atoms. The third kappa shape index (κ3) is 10.1. The predicted molar refractivity (Wildman–Crippen MR) is 125 cm³/mol. The molecule has 1 rings (SSSR count). The van der Waals surface area contributed by atoms with E-state index >= 15 is 0 Å². The number of benzene rings is 1. The second-order valence-electron chi connectivity index (χ2n) is 7.07. The number of Topliss-reactive ketones (excluding diaryl/α,β-unsaturated/α-hetero) is 2. The van der Waals surface area contributed by atoms with Gasteiger partial charge in [0.15, 0.2) is 0 Å². The lowest BCUT2D eigenvalue weighted by atomic mass is 9.78. The molecular weight excluding hydrogens is 453 g/mol. The molecule has 1 aromatic carbocycles. The Balaban J connectivity index is 0. The van der Waals surface area contributed by atoms with Crippen LogP contribution in [0.15, 0.2) is 22.7 Å². The quantitative estimate of drug-likeness (QED) is 0.296. The van der Waals surface area contributed by atoms with Gasteiger partial charge in [0, 0.05) is 11.3 Å². The van der Waals surface area contributed by atoms with Crippen LogP contribution in [-0.2, 0) is 19.1 Å². The summed E-state index contributed by atoms with van der Waals surface area (Å²) in [6, 6.07) is 2.75. The lowest BCUT2D eigenvalue weighted by molar-refractivity contribution is -0.158. The van der Waals surface area contributed by atoms with Crippen molar-refractivity contribution in [2.45, 2.75) is 68.2 Å². The first-order chi connectivity index (χ1) is 13.8. The summed E-state index contributed by atoms with van der Waals surface area (Å²) in [6.45, 7) is 13.8. The smallest absolute Gasteiger partial charge is 0.319 e. The van der Waals surface area contributed by atoms with Gasteiger partial charge in [-0.05, 0) is 81.6 Å². The molecule has 0 fully saturated rings. The topological polar surface area (TPSA) is 86.5 Å². The van der Waals surface area contributed by atoms with Crippen LogP contribution in [0.4, 0.5) is 10.1 Å². The highest BCUT2D eigenvalue weighted by Crippen LogP contribution is 2.37. The van der Waals surface area contributed by atoms with Crippen LogP contribution in [0.5, 0.6) is 0 Å². The lowest BCUT2D eigenvalue weighted by Gasteiger charge is -2.26. The van der Waals surface area contributed by atoms with Crippen LogP contribution in [-0.4, -0.2) is 24.1 Å². The lowest BCUT2D eigenvalue weighted by Crippen LogP contribution is -2.37.